The van der Waals surface area contributed by atoms with Crippen molar-refractivity contribution in [3.05, 3.63) is 218 Å². The molecule has 2 heterocycles. The Hall–Kier alpha value is -7.88. The second-order valence-corrected chi connectivity index (χ2v) is 15.3. The van der Waals surface area contributed by atoms with E-state index in [9.17, 15) is 0 Å². The number of rotatable bonds is 6. The van der Waals surface area contributed by atoms with Crippen LogP contribution in [0.15, 0.2) is 223 Å². The van der Waals surface area contributed by atoms with Crippen LogP contribution < -0.4 is 4.90 Å². The van der Waals surface area contributed by atoms with Crippen LogP contribution in [0.2, 0.25) is 0 Å². The molecule has 0 spiro atoms. The quantitative estimate of drug-likeness (QED) is 0.169. The van der Waals surface area contributed by atoms with Gasteiger partial charge < -0.3 is 13.9 Å². The number of fused-ring (bicyclic) bond motifs is 9. The highest BCUT2D eigenvalue weighted by atomic mass is 16.3. The summed E-state index contributed by atoms with van der Waals surface area (Å²) < 4.78 is 9.21. The summed E-state index contributed by atoms with van der Waals surface area (Å²) in [5.74, 6) is 0. The van der Waals surface area contributed by atoms with Gasteiger partial charge in [0.15, 0.2) is 0 Å². The van der Waals surface area contributed by atoms with Gasteiger partial charge in [-0.1, -0.05) is 158 Å². The van der Waals surface area contributed by atoms with E-state index < -0.39 is 0 Å². The van der Waals surface area contributed by atoms with Crippen LogP contribution in [0.4, 0.5) is 17.1 Å². The summed E-state index contributed by atoms with van der Waals surface area (Å²) in [6, 6.07) is 78.8. The van der Waals surface area contributed by atoms with Crippen LogP contribution in [0.3, 0.4) is 0 Å². The average Bonchev–Trinajstić information content (AvgIpc) is 3.86. The fourth-order valence-corrected chi connectivity index (χ4v) is 9.24. The van der Waals surface area contributed by atoms with Gasteiger partial charge in [-0.2, -0.15) is 0 Å². The predicted molar refractivity (Wildman–Crippen MR) is 249 cm³/mol. The van der Waals surface area contributed by atoms with Crippen LogP contribution in [0, 0.1) is 0 Å². The van der Waals surface area contributed by atoms with Gasteiger partial charge in [-0.25, -0.2) is 0 Å². The Bertz CT molecular complexity index is 3560. The molecule has 0 aliphatic heterocycles. The Labute approximate surface area is 341 Å². The number of furan rings is 1. The predicted octanol–water partition coefficient (Wildman–Crippen LogP) is 15.8. The molecule has 0 aliphatic rings. The van der Waals surface area contributed by atoms with Crippen molar-refractivity contribution in [1.29, 1.82) is 0 Å². The van der Waals surface area contributed by atoms with E-state index in [1.54, 1.807) is 0 Å². The van der Waals surface area contributed by atoms with Crippen molar-refractivity contribution in [2.45, 2.75) is 0 Å². The van der Waals surface area contributed by atoms with E-state index in [1.807, 2.05) is 0 Å². The Morgan fingerprint density at radius 1 is 0.373 bits per heavy atom. The van der Waals surface area contributed by atoms with Crippen molar-refractivity contribution < 1.29 is 4.42 Å². The fourth-order valence-electron chi connectivity index (χ4n) is 9.24. The summed E-state index contributed by atoms with van der Waals surface area (Å²) in [6.45, 7) is 0. The number of hydrogen-bond acceptors (Lipinski definition) is 2. The largest absolute Gasteiger partial charge is 0.455 e. The lowest BCUT2D eigenvalue weighted by molar-refractivity contribution is 0.672. The number of nitrogens with zero attached hydrogens (tertiary/aromatic N) is 2. The van der Waals surface area contributed by atoms with Gasteiger partial charge in [-0.05, 0) is 99.1 Å². The highest BCUT2D eigenvalue weighted by Crippen LogP contribution is 2.47. The van der Waals surface area contributed by atoms with E-state index in [0.29, 0.717) is 0 Å². The fraction of sp³-hybridized carbons (Fsp3) is 0. The molecule has 0 fully saturated rings. The first kappa shape index (κ1) is 33.3. The van der Waals surface area contributed by atoms with Gasteiger partial charge in [0.05, 0.1) is 22.1 Å². The van der Waals surface area contributed by atoms with E-state index in [0.717, 1.165) is 61.0 Å². The topological polar surface area (TPSA) is 21.3 Å². The maximum Gasteiger partial charge on any atom is 0.143 e. The normalized spacial score (nSPS) is 11.7. The van der Waals surface area contributed by atoms with E-state index in [-0.39, 0.29) is 0 Å². The minimum atomic E-state index is 0.856. The van der Waals surface area contributed by atoms with Gasteiger partial charge in [0.1, 0.15) is 11.2 Å². The number of hydrogen-bond donors (Lipinski definition) is 0. The molecule has 59 heavy (non-hydrogen) atoms. The molecule has 0 bridgehead atoms. The number of benzene rings is 10. The summed E-state index contributed by atoms with van der Waals surface area (Å²) in [7, 11) is 0. The summed E-state index contributed by atoms with van der Waals surface area (Å²) >= 11 is 0. The van der Waals surface area contributed by atoms with Crippen LogP contribution in [0.25, 0.3) is 93.2 Å². The molecular formula is C56H36N2O. The van der Waals surface area contributed by atoms with Crippen LogP contribution in [-0.4, -0.2) is 4.57 Å². The van der Waals surface area contributed by atoms with Gasteiger partial charge in [-0.15, -0.1) is 0 Å². The summed E-state index contributed by atoms with van der Waals surface area (Å²) in [5, 5.41) is 9.32. The molecule has 0 unspecified atom stereocenters. The minimum absolute atomic E-state index is 0.856. The molecule has 12 aromatic rings. The molecule has 10 aromatic carbocycles. The molecule has 3 heteroatoms. The third-order valence-corrected chi connectivity index (χ3v) is 11.9. The highest BCUT2D eigenvalue weighted by Gasteiger charge is 2.23. The zero-order chi connectivity index (χ0) is 38.9. The van der Waals surface area contributed by atoms with E-state index >= 15 is 0 Å². The molecule has 0 saturated heterocycles. The van der Waals surface area contributed by atoms with Gasteiger partial charge >= 0.3 is 0 Å². The van der Waals surface area contributed by atoms with Gasteiger partial charge in [0, 0.05) is 38.6 Å². The molecule has 3 nitrogen and oxygen atoms in total. The third-order valence-electron chi connectivity index (χ3n) is 11.9. The Balaban J connectivity index is 1.16. The van der Waals surface area contributed by atoms with E-state index in [1.165, 1.54) is 49.3 Å². The van der Waals surface area contributed by atoms with Crippen molar-refractivity contribution >= 4 is 82.4 Å². The van der Waals surface area contributed by atoms with E-state index in [2.05, 4.69) is 228 Å². The number of anilines is 3. The summed E-state index contributed by atoms with van der Waals surface area (Å²) in [4.78, 5) is 2.43. The van der Waals surface area contributed by atoms with Gasteiger partial charge in [-0.3, -0.25) is 0 Å². The third kappa shape index (κ3) is 5.36. The first-order chi connectivity index (χ1) is 29.3. The van der Waals surface area contributed by atoms with Crippen LogP contribution in [-0.2, 0) is 0 Å². The smallest absolute Gasteiger partial charge is 0.143 e. The molecule has 0 saturated carbocycles. The molecule has 2 aromatic heterocycles. The number of aromatic nitrogens is 1. The zero-order valence-electron chi connectivity index (χ0n) is 32.1. The molecular weight excluding hydrogens is 717 g/mol. The summed E-state index contributed by atoms with van der Waals surface area (Å²) in [5.41, 5.74) is 13.1. The molecule has 0 N–H and O–H groups in total. The van der Waals surface area contributed by atoms with Crippen molar-refractivity contribution in [2.75, 3.05) is 4.90 Å². The first-order valence-corrected chi connectivity index (χ1v) is 20.2. The monoisotopic (exact) mass is 752 g/mol. The lowest BCUT2D eigenvalue weighted by Gasteiger charge is -2.28. The van der Waals surface area contributed by atoms with Gasteiger partial charge in [0.25, 0.3) is 0 Å². The minimum Gasteiger partial charge on any atom is -0.455 e. The molecule has 0 radical (unpaired) electrons. The summed E-state index contributed by atoms with van der Waals surface area (Å²) in [6.07, 6.45) is 0. The Kier molecular flexibility index (Phi) is 7.54. The first-order valence-electron chi connectivity index (χ1n) is 20.2. The second-order valence-electron chi connectivity index (χ2n) is 15.3. The maximum atomic E-state index is 6.79. The SMILES string of the molecule is c1ccc(-c2ccc(N(c3ccc4c5ccccc5n(-c5ccc6ccccc6c5)c4c3)c3cccc4oc5c6ccccc6ccc5c34)cc2-c2ccccc2)cc1. The molecule has 12 rings (SSSR count). The van der Waals surface area contributed by atoms with Crippen LogP contribution in [0.1, 0.15) is 0 Å². The van der Waals surface area contributed by atoms with Crippen molar-refractivity contribution in [3.63, 3.8) is 0 Å². The maximum absolute atomic E-state index is 6.79. The molecule has 276 valence electrons. The second kappa shape index (κ2) is 13.4. The standard InChI is InChI=1S/C56H36N2O/c1-3-15-38(16-4-1)45-32-29-43(35-50(45)39-17-5-2-6-18-39)57(52-24-13-25-54-55(52)49-31-27-40-19-9-10-21-46(40)56(49)59-54)44-30-33-48-47-22-11-12-23-51(47)58(53(48)36-44)42-28-26-37-14-7-8-20-41(37)34-42/h1-36H. The van der Waals surface area contributed by atoms with Crippen molar-refractivity contribution in [1.82, 2.24) is 4.57 Å². The number of para-hydroxylation sites is 1. The average molecular weight is 753 g/mol. The molecule has 0 atom stereocenters. The van der Waals surface area contributed by atoms with Crippen LogP contribution >= 0.6 is 0 Å². The lowest BCUT2D eigenvalue weighted by Crippen LogP contribution is -2.11. The Morgan fingerprint density at radius 2 is 1.00 bits per heavy atom. The van der Waals surface area contributed by atoms with Crippen molar-refractivity contribution in [2.24, 2.45) is 0 Å². The van der Waals surface area contributed by atoms with Crippen molar-refractivity contribution in [3.8, 4) is 27.9 Å². The Morgan fingerprint density at radius 3 is 1.83 bits per heavy atom. The van der Waals surface area contributed by atoms with Gasteiger partial charge in [0.2, 0.25) is 0 Å². The van der Waals surface area contributed by atoms with E-state index in [4.69, 9.17) is 4.42 Å². The molecule has 0 amide bonds. The van der Waals surface area contributed by atoms with Crippen LogP contribution in [0.5, 0.6) is 0 Å². The lowest BCUT2D eigenvalue weighted by atomic mass is 9.93. The zero-order valence-corrected chi connectivity index (χ0v) is 32.1. The molecule has 0 aliphatic carbocycles. The highest BCUT2D eigenvalue weighted by molar-refractivity contribution is 6.20.